The third-order valence-corrected chi connectivity index (χ3v) is 4.38. The molecule has 2 heterocycles. The Morgan fingerprint density at radius 1 is 1.33 bits per heavy atom. The largest absolute Gasteiger partial charge is 0.444 e. The molecule has 1 saturated heterocycles. The molecule has 1 aromatic rings. The summed E-state index contributed by atoms with van der Waals surface area (Å²) < 4.78 is 6.35. The van der Waals surface area contributed by atoms with E-state index in [1.807, 2.05) is 40.7 Å². The summed E-state index contributed by atoms with van der Waals surface area (Å²) in [6, 6.07) is 4.09. The zero-order valence-electron chi connectivity index (χ0n) is 15.3. The van der Waals surface area contributed by atoms with Crippen molar-refractivity contribution in [1.29, 1.82) is 0 Å². The molecule has 134 valence electrons. The first kappa shape index (κ1) is 19.0. The van der Waals surface area contributed by atoms with E-state index in [9.17, 15) is 4.79 Å². The van der Waals surface area contributed by atoms with E-state index in [-0.39, 0.29) is 12.1 Å². The van der Waals surface area contributed by atoms with Crippen LogP contribution in [0.1, 0.15) is 53.2 Å². The number of rotatable bonds is 4. The number of carbonyl (C=O) groups is 1. The predicted molar refractivity (Wildman–Crippen MR) is 100 cm³/mol. The molecule has 1 amide bonds. The third-order valence-electron chi connectivity index (χ3n) is 3.93. The van der Waals surface area contributed by atoms with Crippen molar-refractivity contribution in [1.82, 2.24) is 9.88 Å². The molecule has 0 aliphatic carbocycles. The van der Waals surface area contributed by atoms with Crippen LogP contribution in [0.15, 0.2) is 16.7 Å². The predicted octanol–water partition coefficient (Wildman–Crippen LogP) is 4.59. The maximum atomic E-state index is 12.6. The number of anilines is 1. The number of nitrogens with zero attached hydrogens (tertiary/aromatic N) is 3. The average molecular weight is 398 g/mol. The monoisotopic (exact) mass is 397 g/mol. The molecule has 0 bridgehead atoms. The molecule has 0 unspecified atom stereocenters. The van der Waals surface area contributed by atoms with Gasteiger partial charge in [-0.2, -0.15) is 0 Å². The maximum absolute atomic E-state index is 12.6. The van der Waals surface area contributed by atoms with Gasteiger partial charge >= 0.3 is 6.09 Å². The molecule has 6 heteroatoms. The van der Waals surface area contributed by atoms with Gasteiger partial charge in [0.2, 0.25) is 0 Å². The molecule has 2 rings (SSSR count). The molecule has 0 radical (unpaired) electrons. The fourth-order valence-corrected chi connectivity index (χ4v) is 3.12. The zero-order chi connectivity index (χ0) is 17.9. The molecule has 0 spiro atoms. The normalized spacial score (nSPS) is 15.0. The summed E-state index contributed by atoms with van der Waals surface area (Å²) >= 11 is 3.45. The Bertz CT molecular complexity index is 578. The van der Waals surface area contributed by atoms with Crippen molar-refractivity contribution in [3.05, 3.63) is 22.4 Å². The van der Waals surface area contributed by atoms with E-state index < -0.39 is 5.60 Å². The van der Waals surface area contributed by atoms with E-state index >= 15 is 0 Å². The van der Waals surface area contributed by atoms with Gasteiger partial charge < -0.3 is 9.64 Å². The molecule has 5 nitrogen and oxygen atoms in total. The fourth-order valence-electron chi connectivity index (χ4n) is 2.77. The first-order valence-electron chi connectivity index (χ1n) is 8.57. The van der Waals surface area contributed by atoms with E-state index in [0.29, 0.717) is 6.54 Å². The van der Waals surface area contributed by atoms with Gasteiger partial charge in [0.15, 0.2) is 0 Å². The lowest BCUT2D eigenvalue weighted by Crippen LogP contribution is -2.41. The van der Waals surface area contributed by atoms with Crippen LogP contribution in [0.4, 0.5) is 10.5 Å². The average Bonchev–Trinajstić information content (AvgIpc) is 2.96. The SMILES string of the molecule is CC(C)N(Cc1nc(Br)ccc1N1CCCC1)C(=O)OC(C)(C)C. The van der Waals surface area contributed by atoms with Crippen LogP contribution in [0.2, 0.25) is 0 Å². The Morgan fingerprint density at radius 2 is 1.96 bits per heavy atom. The van der Waals surface area contributed by atoms with E-state index in [0.717, 1.165) is 29.1 Å². The van der Waals surface area contributed by atoms with E-state index in [1.165, 1.54) is 12.8 Å². The maximum Gasteiger partial charge on any atom is 0.410 e. The topological polar surface area (TPSA) is 45.7 Å². The second-order valence-corrected chi connectivity index (χ2v) is 8.31. The van der Waals surface area contributed by atoms with Crippen molar-refractivity contribution in [2.24, 2.45) is 0 Å². The van der Waals surface area contributed by atoms with Gasteiger partial charge in [0, 0.05) is 19.1 Å². The van der Waals surface area contributed by atoms with E-state index in [2.05, 4.69) is 31.9 Å². The van der Waals surface area contributed by atoms with Crippen LogP contribution in [0.5, 0.6) is 0 Å². The summed E-state index contributed by atoms with van der Waals surface area (Å²) in [7, 11) is 0. The smallest absolute Gasteiger partial charge is 0.410 e. The van der Waals surface area contributed by atoms with Crippen molar-refractivity contribution in [3.8, 4) is 0 Å². The number of hydrogen-bond acceptors (Lipinski definition) is 4. The van der Waals surface area contributed by atoms with Gasteiger partial charge in [0.1, 0.15) is 10.2 Å². The minimum absolute atomic E-state index is 0.0343. The van der Waals surface area contributed by atoms with Crippen LogP contribution in [0.3, 0.4) is 0 Å². The number of ether oxygens (including phenoxy) is 1. The van der Waals surface area contributed by atoms with Crippen molar-refractivity contribution in [3.63, 3.8) is 0 Å². The Balaban J connectivity index is 2.25. The second kappa shape index (κ2) is 7.72. The van der Waals surface area contributed by atoms with Gasteiger partial charge in [0.05, 0.1) is 17.9 Å². The molecule has 1 aromatic heterocycles. The molecule has 0 aromatic carbocycles. The van der Waals surface area contributed by atoms with Crippen LogP contribution < -0.4 is 4.90 Å². The highest BCUT2D eigenvalue weighted by Crippen LogP contribution is 2.27. The van der Waals surface area contributed by atoms with Crippen LogP contribution >= 0.6 is 15.9 Å². The van der Waals surface area contributed by atoms with Gasteiger partial charge in [-0.05, 0) is 75.5 Å². The first-order chi connectivity index (χ1) is 11.2. The van der Waals surface area contributed by atoms with Gasteiger partial charge in [-0.3, -0.25) is 4.90 Å². The Kier molecular flexibility index (Phi) is 6.12. The van der Waals surface area contributed by atoms with Gasteiger partial charge in [-0.1, -0.05) is 0 Å². The standard InChI is InChI=1S/C18H28BrN3O2/c1-13(2)22(17(23)24-18(3,4)5)12-14-15(8-9-16(19)20-14)21-10-6-7-11-21/h8-9,13H,6-7,10-12H2,1-5H3. The Morgan fingerprint density at radius 3 is 2.50 bits per heavy atom. The van der Waals surface area contributed by atoms with Gasteiger partial charge in [-0.15, -0.1) is 0 Å². The number of halogens is 1. The van der Waals surface area contributed by atoms with E-state index in [4.69, 9.17) is 4.74 Å². The highest BCUT2D eigenvalue weighted by molar-refractivity contribution is 9.10. The molecular formula is C18H28BrN3O2. The van der Waals surface area contributed by atoms with E-state index in [1.54, 1.807) is 4.90 Å². The summed E-state index contributed by atoms with van der Waals surface area (Å²) in [6.45, 7) is 12.2. The van der Waals surface area contributed by atoms with Crippen molar-refractivity contribution in [2.75, 3.05) is 18.0 Å². The lowest BCUT2D eigenvalue weighted by Gasteiger charge is -2.31. The molecule has 0 atom stereocenters. The summed E-state index contributed by atoms with van der Waals surface area (Å²) in [5.74, 6) is 0. The summed E-state index contributed by atoms with van der Waals surface area (Å²) in [6.07, 6.45) is 2.11. The van der Waals surface area contributed by atoms with Crippen LogP contribution in [-0.4, -0.2) is 40.7 Å². The minimum Gasteiger partial charge on any atom is -0.444 e. The van der Waals surface area contributed by atoms with Crippen LogP contribution in [-0.2, 0) is 11.3 Å². The Labute approximate surface area is 153 Å². The van der Waals surface area contributed by atoms with Gasteiger partial charge in [0.25, 0.3) is 0 Å². The quantitative estimate of drug-likeness (QED) is 0.696. The summed E-state index contributed by atoms with van der Waals surface area (Å²) in [5, 5.41) is 0. The highest BCUT2D eigenvalue weighted by atomic mass is 79.9. The summed E-state index contributed by atoms with van der Waals surface area (Å²) in [5.41, 5.74) is 1.52. The molecule has 1 fully saturated rings. The van der Waals surface area contributed by atoms with Crippen LogP contribution in [0.25, 0.3) is 0 Å². The van der Waals surface area contributed by atoms with Crippen molar-refractivity contribution < 1.29 is 9.53 Å². The zero-order valence-corrected chi connectivity index (χ0v) is 16.9. The van der Waals surface area contributed by atoms with Crippen molar-refractivity contribution in [2.45, 2.75) is 65.6 Å². The molecule has 1 aliphatic rings. The van der Waals surface area contributed by atoms with Crippen LogP contribution in [0, 0.1) is 0 Å². The lowest BCUT2D eigenvalue weighted by atomic mass is 10.2. The number of pyridine rings is 1. The number of hydrogen-bond donors (Lipinski definition) is 0. The Hall–Kier alpha value is -1.30. The number of amides is 1. The molecule has 0 saturated carbocycles. The summed E-state index contributed by atoms with van der Waals surface area (Å²) in [4.78, 5) is 21.3. The first-order valence-corrected chi connectivity index (χ1v) is 9.36. The number of carbonyl (C=O) groups excluding carboxylic acids is 1. The lowest BCUT2D eigenvalue weighted by molar-refractivity contribution is 0.0169. The second-order valence-electron chi connectivity index (χ2n) is 7.50. The molecule has 0 N–H and O–H groups in total. The molecular weight excluding hydrogens is 370 g/mol. The van der Waals surface area contributed by atoms with Gasteiger partial charge in [-0.25, -0.2) is 9.78 Å². The highest BCUT2D eigenvalue weighted by Gasteiger charge is 2.26. The third kappa shape index (κ3) is 5.10. The number of aromatic nitrogens is 1. The molecule has 1 aliphatic heterocycles. The molecule has 24 heavy (non-hydrogen) atoms. The van der Waals surface area contributed by atoms with Crippen molar-refractivity contribution >= 4 is 27.7 Å². The minimum atomic E-state index is -0.507. The fraction of sp³-hybridized carbons (Fsp3) is 0.667.